The summed E-state index contributed by atoms with van der Waals surface area (Å²) in [4.78, 5) is 13.5. The van der Waals surface area contributed by atoms with E-state index in [2.05, 4.69) is 12.2 Å². The van der Waals surface area contributed by atoms with Gasteiger partial charge in [0.05, 0.1) is 6.54 Å². The van der Waals surface area contributed by atoms with Crippen LogP contribution in [0.5, 0.6) is 0 Å². The van der Waals surface area contributed by atoms with Gasteiger partial charge >= 0.3 is 0 Å². The zero-order valence-electron chi connectivity index (χ0n) is 10.4. The Morgan fingerprint density at radius 2 is 2.25 bits per heavy atom. The van der Waals surface area contributed by atoms with Gasteiger partial charge in [-0.05, 0) is 31.7 Å². The molecule has 2 N–H and O–H groups in total. The highest BCUT2D eigenvalue weighted by Gasteiger charge is 2.29. The summed E-state index contributed by atoms with van der Waals surface area (Å²) in [6.45, 7) is 3.59. The fraction of sp³-hybridized carbons (Fsp3) is 0.917. The molecule has 1 amide bonds. The molecule has 1 rings (SSSR count). The quantitative estimate of drug-likeness (QED) is 0.640. The number of hydrogen-bond acceptors (Lipinski definition) is 3. The predicted octanol–water partition coefficient (Wildman–Crippen LogP) is 0.605. The molecular weight excluding hydrogens is 204 g/mol. The van der Waals surface area contributed by atoms with E-state index in [1.165, 1.54) is 0 Å². The number of carbonyl (C=O) groups excluding carboxylic acids is 1. The Morgan fingerprint density at radius 3 is 2.75 bits per heavy atom. The van der Waals surface area contributed by atoms with E-state index >= 15 is 0 Å². The Morgan fingerprint density at radius 1 is 1.56 bits per heavy atom. The molecule has 1 fully saturated rings. The van der Waals surface area contributed by atoms with E-state index in [0.717, 1.165) is 32.2 Å². The SMILES string of the molecule is CCC(CCO)CNCC(=O)N(C)C1CC1. The van der Waals surface area contributed by atoms with E-state index in [1.54, 1.807) is 0 Å². The molecule has 0 bridgehead atoms. The van der Waals surface area contributed by atoms with Crippen LogP contribution in [0.1, 0.15) is 32.6 Å². The van der Waals surface area contributed by atoms with E-state index in [1.807, 2.05) is 11.9 Å². The summed E-state index contributed by atoms with van der Waals surface area (Å²) in [6, 6.07) is 0.494. The van der Waals surface area contributed by atoms with Gasteiger partial charge in [0.2, 0.25) is 5.91 Å². The Labute approximate surface area is 98.0 Å². The van der Waals surface area contributed by atoms with Crippen LogP contribution in [-0.4, -0.2) is 48.7 Å². The van der Waals surface area contributed by atoms with E-state index in [9.17, 15) is 4.79 Å². The second kappa shape index (κ2) is 6.86. The maximum absolute atomic E-state index is 11.7. The van der Waals surface area contributed by atoms with Crippen LogP contribution in [0.25, 0.3) is 0 Å². The third kappa shape index (κ3) is 4.49. The highest BCUT2D eigenvalue weighted by Crippen LogP contribution is 2.25. The summed E-state index contributed by atoms with van der Waals surface area (Å²) in [7, 11) is 1.88. The molecule has 16 heavy (non-hydrogen) atoms. The lowest BCUT2D eigenvalue weighted by Crippen LogP contribution is -2.38. The second-order valence-electron chi connectivity index (χ2n) is 4.65. The van der Waals surface area contributed by atoms with Crippen molar-refractivity contribution in [1.29, 1.82) is 0 Å². The predicted molar refractivity (Wildman–Crippen MR) is 64.1 cm³/mol. The summed E-state index contributed by atoms with van der Waals surface area (Å²) >= 11 is 0. The maximum atomic E-state index is 11.7. The normalized spacial score (nSPS) is 17.2. The van der Waals surface area contributed by atoms with Gasteiger partial charge in [0.1, 0.15) is 0 Å². The van der Waals surface area contributed by atoms with Crippen molar-refractivity contribution in [2.75, 3.05) is 26.7 Å². The first-order chi connectivity index (χ1) is 7.69. The van der Waals surface area contributed by atoms with Gasteiger partial charge in [0.25, 0.3) is 0 Å². The van der Waals surface area contributed by atoms with Crippen molar-refractivity contribution in [3.05, 3.63) is 0 Å². The molecular formula is C12H24N2O2. The van der Waals surface area contributed by atoms with Crippen LogP contribution in [0.2, 0.25) is 0 Å². The fourth-order valence-corrected chi connectivity index (χ4v) is 1.81. The molecule has 4 heteroatoms. The minimum absolute atomic E-state index is 0.182. The minimum Gasteiger partial charge on any atom is -0.396 e. The molecule has 1 atom stereocenters. The van der Waals surface area contributed by atoms with Crippen LogP contribution < -0.4 is 5.32 Å². The number of nitrogens with zero attached hydrogens (tertiary/aromatic N) is 1. The first-order valence-electron chi connectivity index (χ1n) is 6.26. The minimum atomic E-state index is 0.182. The van der Waals surface area contributed by atoms with E-state index < -0.39 is 0 Å². The number of carbonyl (C=O) groups is 1. The van der Waals surface area contributed by atoms with Crippen LogP contribution >= 0.6 is 0 Å². The average molecular weight is 228 g/mol. The molecule has 1 saturated carbocycles. The van der Waals surface area contributed by atoms with Gasteiger partial charge in [-0.25, -0.2) is 0 Å². The first kappa shape index (κ1) is 13.5. The Balaban J connectivity index is 2.10. The molecule has 0 radical (unpaired) electrons. The molecule has 0 spiro atoms. The zero-order valence-corrected chi connectivity index (χ0v) is 10.4. The average Bonchev–Trinajstić information content (AvgIpc) is 3.10. The molecule has 0 aliphatic heterocycles. The Bertz CT molecular complexity index is 217. The molecule has 0 heterocycles. The van der Waals surface area contributed by atoms with Crippen molar-refractivity contribution in [2.45, 2.75) is 38.6 Å². The molecule has 0 aromatic rings. The monoisotopic (exact) mass is 228 g/mol. The van der Waals surface area contributed by atoms with E-state index in [0.29, 0.717) is 18.5 Å². The van der Waals surface area contributed by atoms with Gasteiger partial charge in [-0.15, -0.1) is 0 Å². The van der Waals surface area contributed by atoms with E-state index in [-0.39, 0.29) is 12.5 Å². The van der Waals surface area contributed by atoms with Crippen molar-refractivity contribution in [1.82, 2.24) is 10.2 Å². The van der Waals surface area contributed by atoms with Gasteiger partial charge in [0.15, 0.2) is 0 Å². The number of nitrogens with one attached hydrogen (secondary N) is 1. The lowest BCUT2D eigenvalue weighted by Gasteiger charge is -2.18. The van der Waals surface area contributed by atoms with Gasteiger partial charge in [-0.3, -0.25) is 4.79 Å². The molecule has 4 nitrogen and oxygen atoms in total. The molecule has 0 saturated heterocycles. The van der Waals surface area contributed by atoms with Gasteiger partial charge in [-0.1, -0.05) is 13.3 Å². The highest BCUT2D eigenvalue weighted by molar-refractivity contribution is 5.78. The van der Waals surface area contributed by atoms with E-state index in [4.69, 9.17) is 5.11 Å². The summed E-state index contributed by atoms with van der Waals surface area (Å²) in [5.74, 6) is 0.658. The molecule has 94 valence electrons. The molecule has 0 aromatic heterocycles. The molecule has 0 aromatic carbocycles. The summed E-state index contributed by atoms with van der Waals surface area (Å²) in [6.07, 6.45) is 4.17. The second-order valence-corrected chi connectivity index (χ2v) is 4.65. The number of aliphatic hydroxyl groups is 1. The summed E-state index contributed by atoms with van der Waals surface area (Å²) in [5, 5.41) is 12.0. The van der Waals surface area contributed by atoms with Crippen LogP contribution in [0.4, 0.5) is 0 Å². The fourth-order valence-electron chi connectivity index (χ4n) is 1.81. The molecule has 1 unspecified atom stereocenters. The standard InChI is InChI=1S/C12H24N2O2/c1-3-10(6-7-15)8-13-9-12(16)14(2)11-4-5-11/h10-11,13,15H,3-9H2,1-2H3. The number of likely N-dealkylation sites (N-methyl/N-ethyl adjacent to an activating group) is 1. The molecule has 1 aliphatic rings. The van der Waals surface area contributed by atoms with Gasteiger partial charge in [-0.2, -0.15) is 0 Å². The number of aliphatic hydroxyl groups excluding tert-OH is 1. The van der Waals surface area contributed by atoms with Crippen molar-refractivity contribution >= 4 is 5.91 Å². The number of amides is 1. The van der Waals surface area contributed by atoms with Crippen LogP contribution in [0.15, 0.2) is 0 Å². The Hall–Kier alpha value is -0.610. The number of hydrogen-bond donors (Lipinski definition) is 2. The number of rotatable bonds is 8. The van der Waals surface area contributed by atoms with Crippen molar-refractivity contribution in [2.24, 2.45) is 5.92 Å². The van der Waals surface area contributed by atoms with Crippen molar-refractivity contribution in [3.63, 3.8) is 0 Å². The topological polar surface area (TPSA) is 52.6 Å². The third-order valence-corrected chi connectivity index (χ3v) is 3.31. The van der Waals surface area contributed by atoms with Crippen molar-refractivity contribution in [3.8, 4) is 0 Å². The lowest BCUT2D eigenvalue weighted by atomic mass is 10.0. The highest BCUT2D eigenvalue weighted by atomic mass is 16.3. The van der Waals surface area contributed by atoms with Crippen LogP contribution in [0.3, 0.4) is 0 Å². The Kier molecular flexibility index (Phi) is 5.77. The molecule has 1 aliphatic carbocycles. The first-order valence-corrected chi connectivity index (χ1v) is 6.26. The van der Waals surface area contributed by atoms with Gasteiger partial charge < -0.3 is 15.3 Å². The largest absolute Gasteiger partial charge is 0.396 e. The van der Waals surface area contributed by atoms with Crippen LogP contribution in [0, 0.1) is 5.92 Å². The summed E-state index contributed by atoms with van der Waals surface area (Å²) in [5.41, 5.74) is 0. The zero-order chi connectivity index (χ0) is 12.0. The summed E-state index contributed by atoms with van der Waals surface area (Å²) < 4.78 is 0. The van der Waals surface area contributed by atoms with Crippen molar-refractivity contribution < 1.29 is 9.90 Å². The smallest absolute Gasteiger partial charge is 0.236 e. The van der Waals surface area contributed by atoms with Crippen LogP contribution in [-0.2, 0) is 4.79 Å². The van der Waals surface area contributed by atoms with Gasteiger partial charge in [0, 0.05) is 19.7 Å². The maximum Gasteiger partial charge on any atom is 0.236 e. The lowest BCUT2D eigenvalue weighted by molar-refractivity contribution is -0.129. The third-order valence-electron chi connectivity index (χ3n) is 3.31.